The van der Waals surface area contributed by atoms with Gasteiger partial charge in [0.15, 0.2) is 0 Å². The summed E-state index contributed by atoms with van der Waals surface area (Å²) >= 11 is 0. The molecule has 0 aromatic carbocycles. The Kier molecular flexibility index (Phi) is 3.10. The van der Waals surface area contributed by atoms with Crippen LogP contribution >= 0.6 is 0 Å². The van der Waals surface area contributed by atoms with Crippen molar-refractivity contribution in [1.29, 1.82) is 0 Å². The van der Waals surface area contributed by atoms with Crippen molar-refractivity contribution in [2.24, 2.45) is 0 Å². The van der Waals surface area contributed by atoms with Crippen molar-refractivity contribution in [1.82, 2.24) is 10.2 Å². The van der Waals surface area contributed by atoms with E-state index in [-0.39, 0.29) is 17.5 Å². The van der Waals surface area contributed by atoms with Crippen LogP contribution in [0.15, 0.2) is 0 Å². The monoisotopic (exact) mass is 200 g/mol. The van der Waals surface area contributed by atoms with E-state index in [9.17, 15) is 9.59 Å². The molecule has 0 aromatic heterocycles. The molecular formula is C9H16N2O3. The Hall–Kier alpha value is -1.10. The number of amides is 1. The molecule has 1 heterocycles. The highest BCUT2D eigenvalue weighted by atomic mass is 16.5. The second-order valence-electron chi connectivity index (χ2n) is 3.85. The van der Waals surface area contributed by atoms with Crippen LogP contribution in [0.25, 0.3) is 0 Å². The highest BCUT2D eigenvalue weighted by molar-refractivity contribution is 5.81. The van der Waals surface area contributed by atoms with Crippen LogP contribution in [0.3, 0.4) is 0 Å². The van der Waals surface area contributed by atoms with Gasteiger partial charge in [-0.15, -0.1) is 0 Å². The summed E-state index contributed by atoms with van der Waals surface area (Å²) in [6.07, 6.45) is 0.314. The highest BCUT2D eigenvalue weighted by Crippen LogP contribution is 2.16. The van der Waals surface area contributed by atoms with Gasteiger partial charge >= 0.3 is 5.97 Å². The standard InChI is InChI=1S/C9H16N2O3/c1-9(2)10-7(12)6-11(9)5-4-8(13)14-3/h4-6H2,1-3H3,(H,10,12). The molecule has 0 aromatic rings. The Balaban J connectivity index is 2.45. The number of esters is 1. The average Bonchev–Trinajstić information content (AvgIpc) is 2.35. The Morgan fingerprint density at radius 1 is 1.64 bits per heavy atom. The van der Waals surface area contributed by atoms with Gasteiger partial charge < -0.3 is 10.1 Å². The molecule has 1 fully saturated rings. The molecule has 0 spiro atoms. The Labute approximate surface area is 83.4 Å². The minimum atomic E-state index is -0.356. The van der Waals surface area contributed by atoms with Crippen molar-refractivity contribution in [3.8, 4) is 0 Å². The molecule has 0 aliphatic carbocycles. The van der Waals surface area contributed by atoms with Gasteiger partial charge in [0.05, 0.1) is 25.7 Å². The summed E-state index contributed by atoms with van der Waals surface area (Å²) in [5.74, 6) is -0.250. The summed E-state index contributed by atoms with van der Waals surface area (Å²) in [7, 11) is 1.36. The number of hydrogen-bond acceptors (Lipinski definition) is 4. The summed E-state index contributed by atoms with van der Waals surface area (Å²) in [5.41, 5.74) is -0.356. The first-order valence-corrected chi connectivity index (χ1v) is 4.58. The quantitative estimate of drug-likeness (QED) is 0.636. The van der Waals surface area contributed by atoms with E-state index in [4.69, 9.17) is 0 Å². The molecule has 5 heteroatoms. The molecule has 1 amide bonds. The van der Waals surface area contributed by atoms with Crippen LogP contribution in [-0.2, 0) is 14.3 Å². The summed E-state index contributed by atoms with van der Waals surface area (Å²) in [5, 5.41) is 2.82. The van der Waals surface area contributed by atoms with Crippen LogP contribution in [0.5, 0.6) is 0 Å². The number of carbonyl (C=O) groups is 2. The van der Waals surface area contributed by atoms with Crippen molar-refractivity contribution in [3.63, 3.8) is 0 Å². The third-order valence-corrected chi connectivity index (χ3v) is 2.38. The van der Waals surface area contributed by atoms with Gasteiger partial charge in [-0.2, -0.15) is 0 Å². The van der Waals surface area contributed by atoms with Gasteiger partial charge in [0.1, 0.15) is 0 Å². The first kappa shape index (κ1) is 11.0. The first-order chi connectivity index (χ1) is 6.45. The molecule has 14 heavy (non-hydrogen) atoms. The molecular weight excluding hydrogens is 184 g/mol. The van der Waals surface area contributed by atoms with Crippen molar-refractivity contribution in [3.05, 3.63) is 0 Å². The number of carbonyl (C=O) groups excluding carboxylic acids is 2. The van der Waals surface area contributed by atoms with Crippen molar-refractivity contribution in [2.45, 2.75) is 25.9 Å². The van der Waals surface area contributed by atoms with Crippen LogP contribution in [0.1, 0.15) is 20.3 Å². The summed E-state index contributed by atoms with van der Waals surface area (Å²) in [6.45, 7) is 4.72. The normalized spacial score (nSPS) is 20.6. The Morgan fingerprint density at radius 2 is 2.29 bits per heavy atom. The van der Waals surface area contributed by atoms with Crippen molar-refractivity contribution >= 4 is 11.9 Å². The third kappa shape index (κ3) is 2.45. The lowest BCUT2D eigenvalue weighted by Crippen LogP contribution is -2.46. The van der Waals surface area contributed by atoms with E-state index >= 15 is 0 Å². The number of ether oxygens (including phenoxy) is 1. The fourth-order valence-electron chi connectivity index (χ4n) is 1.52. The SMILES string of the molecule is COC(=O)CCN1CC(=O)NC1(C)C. The van der Waals surface area contributed by atoms with E-state index in [1.54, 1.807) is 0 Å². The molecule has 0 saturated carbocycles. The van der Waals surface area contributed by atoms with Gasteiger partial charge in [0.25, 0.3) is 0 Å². The fraction of sp³-hybridized carbons (Fsp3) is 0.778. The van der Waals surface area contributed by atoms with Crippen molar-refractivity contribution < 1.29 is 14.3 Å². The molecule has 5 nitrogen and oxygen atoms in total. The second kappa shape index (κ2) is 3.96. The maximum Gasteiger partial charge on any atom is 0.306 e. The van der Waals surface area contributed by atoms with Gasteiger partial charge in [-0.05, 0) is 13.8 Å². The van der Waals surface area contributed by atoms with E-state index in [0.717, 1.165) is 0 Å². The van der Waals surface area contributed by atoms with E-state index in [1.165, 1.54) is 7.11 Å². The molecule has 0 bridgehead atoms. The zero-order valence-electron chi connectivity index (χ0n) is 8.79. The minimum absolute atomic E-state index is 0.000124. The van der Waals surface area contributed by atoms with Crippen LogP contribution in [-0.4, -0.2) is 42.6 Å². The van der Waals surface area contributed by atoms with E-state index in [0.29, 0.717) is 19.5 Å². The number of rotatable bonds is 3. The summed E-state index contributed by atoms with van der Waals surface area (Å²) in [6, 6.07) is 0. The van der Waals surface area contributed by atoms with Crippen LogP contribution < -0.4 is 5.32 Å². The lowest BCUT2D eigenvalue weighted by Gasteiger charge is -2.29. The number of nitrogens with zero attached hydrogens (tertiary/aromatic N) is 1. The zero-order chi connectivity index (χ0) is 10.8. The lowest BCUT2D eigenvalue weighted by atomic mass is 10.2. The fourth-order valence-corrected chi connectivity index (χ4v) is 1.52. The second-order valence-corrected chi connectivity index (χ2v) is 3.85. The molecule has 0 unspecified atom stereocenters. The lowest BCUT2D eigenvalue weighted by molar-refractivity contribution is -0.141. The topological polar surface area (TPSA) is 58.6 Å². The number of hydrogen-bond donors (Lipinski definition) is 1. The molecule has 0 radical (unpaired) electrons. The van der Waals surface area contributed by atoms with Gasteiger partial charge in [0, 0.05) is 6.54 Å². The van der Waals surface area contributed by atoms with E-state index < -0.39 is 0 Å². The van der Waals surface area contributed by atoms with Gasteiger partial charge in [-0.1, -0.05) is 0 Å². The van der Waals surface area contributed by atoms with Crippen LogP contribution in [0.2, 0.25) is 0 Å². The largest absolute Gasteiger partial charge is 0.469 e. The predicted molar refractivity (Wildman–Crippen MR) is 50.4 cm³/mol. The van der Waals surface area contributed by atoms with Crippen molar-refractivity contribution in [2.75, 3.05) is 20.2 Å². The first-order valence-electron chi connectivity index (χ1n) is 4.58. The number of methoxy groups -OCH3 is 1. The predicted octanol–water partition coefficient (Wildman–Crippen LogP) is -0.283. The van der Waals surface area contributed by atoms with E-state index in [1.807, 2.05) is 18.7 Å². The summed E-state index contributed by atoms with van der Waals surface area (Å²) < 4.78 is 4.53. The minimum Gasteiger partial charge on any atom is -0.469 e. The van der Waals surface area contributed by atoms with Crippen LogP contribution in [0.4, 0.5) is 0 Å². The number of nitrogens with one attached hydrogen (secondary N) is 1. The maximum atomic E-state index is 11.1. The van der Waals surface area contributed by atoms with Crippen LogP contribution in [0, 0.1) is 0 Å². The molecule has 1 N–H and O–H groups in total. The van der Waals surface area contributed by atoms with E-state index in [2.05, 4.69) is 10.1 Å². The third-order valence-electron chi connectivity index (χ3n) is 2.38. The summed E-state index contributed by atoms with van der Waals surface area (Å²) in [4.78, 5) is 23.9. The average molecular weight is 200 g/mol. The Bertz CT molecular complexity index is 250. The smallest absolute Gasteiger partial charge is 0.306 e. The maximum absolute atomic E-state index is 11.1. The zero-order valence-corrected chi connectivity index (χ0v) is 8.79. The molecule has 1 aliphatic rings. The molecule has 80 valence electrons. The molecule has 1 aliphatic heterocycles. The molecule has 1 saturated heterocycles. The molecule has 1 rings (SSSR count). The van der Waals surface area contributed by atoms with Gasteiger partial charge in [-0.3, -0.25) is 14.5 Å². The Morgan fingerprint density at radius 3 is 2.71 bits per heavy atom. The van der Waals surface area contributed by atoms with Gasteiger partial charge in [0.2, 0.25) is 5.91 Å². The van der Waals surface area contributed by atoms with Gasteiger partial charge in [-0.25, -0.2) is 0 Å². The molecule has 0 atom stereocenters. The highest BCUT2D eigenvalue weighted by Gasteiger charge is 2.36.